The standard InChI is InChI=1S/C18H14Cl2N2/c19-13-5-1-11(2-6-13)15-9-10-16(18(22)17(15)21)12-3-7-14(20)8-4-12/h1-10H,21-22H2. The van der Waals surface area contributed by atoms with E-state index in [-0.39, 0.29) is 0 Å². The van der Waals surface area contributed by atoms with Gasteiger partial charge in [-0.15, -0.1) is 0 Å². The molecule has 2 nitrogen and oxygen atoms in total. The van der Waals surface area contributed by atoms with Crippen LogP contribution in [0, 0.1) is 0 Å². The molecule has 0 bridgehead atoms. The Labute approximate surface area is 139 Å². The van der Waals surface area contributed by atoms with Gasteiger partial charge in [-0.1, -0.05) is 59.6 Å². The molecule has 3 rings (SSSR count). The maximum absolute atomic E-state index is 6.24. The summed E-state index contributed by atoms with van der Waals surface area (Å²) in [5.41, 5.74) is 17.4. The number of hydrogen-bond acceptors (Lipinski definition) is 2. The Balaban J connectivity index is 2.08. The first-order valence-corrected chi connectivity index (χ1v) is 7.51. The second-order valence-electron chi connectivity index (χ2n) is 5.00. The monoisotopic (exact) mass is 328 g/mol. The summed E-state index contributed by atoms with van der Waals surface area (Å²) in [6, 6.07) is 19.0. The van der Waals surface area contributed by atoms with Crippen molar-refractivity contribution >= 4 is 34.6 Å². The molecule has 0 aliphatic carbocycles. The van der Waals surface area contributed by atoms with Crippen molar-refractivity contribution in [1.29, 1.82) is 0 Å². The molecular formula is C18H14Cl2N2. The SMILES string of the molecule is Nc1c(-c2ccc(Cl)cc2)ccc(-c2ccc(Cl)cc2)c1N. The molecule has 0 fully saturated rings. The van der Waals surface area contributed by atoms with E-state index in [2.05, 4.69) is 0 Å². The quantitative estimate of drug-likeness (QED) is 0.611. The van der Waals surface area contributed by atoms with E-state index in [0.29, 0.717) is 21.4 Å². The lowest BCUT2D eigenvalue weighted by Gasteiger charge is -2.13. The van der Waals surface area contributed by atoms with Gasteiger partial charge in [0.05, 0.1) is 11.4 Å². The molecule has 0 spiro atoms. The molecule has 0 amide bonds. The molecule has 0 radical (unpaired) electrons. The van der Waals surface area contributed by atoms with Crippen molar-refractivity contribution in [3.8, 4) is 22.3 Å². The molecule has 0 saturated carbocycles. The van der Waals surface area contributed by atoms with Crippen LogP contribution >= 0.6 is 23.2 Å². The first kappa shape index (κ1) is 14.8. The second kappa shape index (κ2) is 5.91. The number of halogens is 2. The van der Waals surface area contributed by atoms with Gasteiger partial charge in [0.1, 0.15) is 0 Å². The molecule has 0 unspecified atom stereocenters. The van der Waals surface area contributed by atoms with Crippen molar-refractivity contribution < 1.29 is 0 Å². The lowest BCUT2D eigenvalue weighted by molar-refractivity contribution is 1.58. The Morgan fingerprint density at radius 1 is 0.500 bits per heavy atom. The lowest BCUT2D eigenvalue weighted by Crippen LogP contribution is -2.00. The van der Waals surface area contributed by atoms with Gasteiger partial charge in [-0.05, 0) is 35.4 Å². The van der Waals surface area contributed by atoms with E-state index >= 15 is 0 Å². The molecule has 22 heavy (non-hydrogen) atoms. The molecule has 0 saturated heterocycles. The van der Waals surface area contributed by atoms with Crippen molar-refractivity contribution in [1.82, 2.24) is 0 Å². The number of hydrogen-bond donors (Lipinski definition) is 2. The topological polar surface area (TPSA) is 52.0 Å². The minimum atomic E-state index is 0.565. The van der Waals surface area contributed by atoms with Crippen molar-refractivity contribution in [2.75, 3.05) is 11.5 Å². The Morgan fingerprint density at radius 3 is 1.14 bits per heavy atom. The highest BCUT2D eigenvalue weighted by molar-refractivity contribution is 6.31. The Hall–Kier alpha value is -2.16. The third-order valence-corrected chi connectivity index (χ3v) is 4.10. The molecule has 3 aromatic carbocycles. The van der Waals surface area contributed by atoms with Crippen LogP contribution in [-0.4, -0.2) is 0 Å². The van der Waals surface area contributed by atoms with Gasteiger partial charge >= 0.3 is 0 Å². The summed E-state index contributed by atoms with van der Waals surface area (Å²) in [5.74, 6) is 0. The van der Waals surface area contributed by atoms with E-state index in [1.54, 1.807) is 0 Å². The predicted molar refractivity (Wildman–Crippen MR) is 96.2 cm³/mol. The number of nitrogens with two attached hydrogens (primary N) is 2. The fraction of sp³-hybridized carbons (Fsp3) is 0. The summed E-state index contributed by atoms with van der Waals surface area (Å²) in [5, 5.41) is 1.38. The molecule has 4 N–H and O–H groups in total. The fourth-order valence-electron chi connectivity index (χ4n) is 2.40. The van der Waals surface area contributed by atoms with Crippen LogP contribution in [0.3, 0.4) is 0 Å². The smallest absolute Gasteiger partial charge is 0.0633 e. The van der Waals surface area contributed by atoms with Gasteiger partial charge in [0.15, 0.2) is 0 Å². The van der Waals surface area contributed by atoms with Gasteiger partial charge in [0.2, 0.25) is 0 Å². The number of nitrogen functional groups attached to an aromatic ring is 2. The van der Waals surface area contributed by atoms with E-state index in [1.807, 2.05) is 60.7 Å². The van der Waals surface area contributed by atoms with Crippen molar-refractivity contribution in [2.24, 2.45) is 0 Å². The second-order valence-corrected chi connectivity index (χ2v) is 5.87. The molecular weight excluding hydrogens is 315 g/mol. The molecule has 0 aliphatic rings. The molecule has 0 atom stereocenters. The van der Waals surface area contributed by atoms with Crippen LogP contribution in [0.4, 0.5) is 11.4 Å². The number of anilines is 2. The summed E-state index contributed by atoms with van der Waals surface area (Å²) in [4.78, 5) is 0. The summed E-state index contributed by atoms with van der Waals surface area (Å²) in [6.07, 6.45) is 0. The number of benzene rings is 3. The molecule has 110 valence electrons. The van der Waals surface area contributed by atoms with Crippen molar-refractivity contribution in [3.63, 3.8) is 0 Å². The molecule has 3 aromatic rings. The molecule has 0 heterocycles. The van der Waals surface area contributed by atoms with Crippen molar-refractivity contribution in [2.45, 2.75) is 0 Å². The van der Waals surface area contributed by atoms with Crippen LogP contribution in [0.25, 0.3) is 22.3 Å². The summed E-state index contributed by atoms with van der Waals surface area (Å²) in [6.45, 7) is 0. The van der Waals surface area contributed by atoms with Crippen LogP contribution in [0.1, 0.15) is 0 Å². The zero-order valence-electron chi connectivity index (χ0n) is 11.7. The van der Waals surface area contributed by atoms with E-state index in [0.717, 1.165) is 22.3 Å². The largest absolute Gasteiger partial charge is 0.397 e. The first-order valence-electron chi connectivity index (χ1n) is 6.76. The summed E-state index contributed by atoms with van der Waals surface area (Å²) in [7, 11) is 0. The van der Waals surface area contributed by atoms with Crippen LogP contribution in [0.2, 0.25) is 10.0 Å². The van der Waals surface area contributed by atoms with E-state index in [9.17, 15) is 0 Å². The highest BCUT2D eigenvalue weighted by atomic mass is 35.5. The van der Waals surface area contributed by atoms with Gasteiger partial charge in [-0.25, -0.2) is 0 Å². The Bertz CT molecular complexity index is 739. The summed E-state index contributed by atoms with van der Waals surface area (Å²) >= 11 is 11.8. The van der Waals surface area contributed by atoms with Crippen LogP contribution in [0.15, 0.2) is 60.7 Å². The average Bonchev–Trinajstić information content (AvgIpc) is 2.52. The first-order chi connectivity index (χ1) is 10.6. The Kier molecular flexibility index (Phi) is 3.97. The maximum atomic E-state index is 6.24. The van der Waals surface area contributed by atoms with Crippen LogP contribution < -0.4 is 11.5 Å². The zero-order valence-corrected chi connectivity index (χ0v) is 13.2. The zero-order chi connectivity index (χ0) is 15.7. The van der Waals surface area contributed by atoms with E-state index < -0.39 is 0 Å². The fourth-order valence-corrected chi connectivity index (χ4v) is 2.65. The normalized spacial score (nSPS) is 10.6. The van der Waals surface area contributed by atoms with Gasteiger partial charge in [-0.2, -0.15) is 0 Å². The van der Waals surface area contributed by atoms with Gasteiger partial charge in [0, 0.05) is 21.2 Å². The van der Waals surface area contributed by atoms with Gasteiger partial charge in [0.25, 0.3) is 0 Å². The van der Waals surface area contributed by atoms with E-state index in [4.69, 9.17) is 34.7 Å². The van der Waals surface area contributed by atoms with Gasteiger partial charge in [-0.3, -0.25) is 0 Å². The lowest BCUT2D eigenvalue weighted by atomic mass is 9.96. The minimum absolute atomic E-state index is 0.565. The van der Waals surface area contributed by atoms with Crippen molar-refractivity contribution in [3.05, 3.63) is 70.7 Å². The molecule has 4 heteroatoms. The highest BCUT2D eigenvalue weighted by Crippen LogP contribution is 2.37. The predicted octanol–water partition coefficient (Wildman–Crippen LogP) is 5.49. The Morgan fingerprint density at radius 2 is 0.818 bits per heavy atom. The molecule has 0 aromatic heterocycles. The van der Waals surface area contributed by atoms with E-state index in [1.165, 1.54) is 0 Å². The third kappa shape index (κ3) is 2.76. The minimum Gasteiger partial charge on any atom is -0.397 e. The third-order valence-electron chi connectivity index (χ3n) is 3.60. The van der Waals surface area contributed by atoms with Gasteiger partial charge < -0.3 is 11.5 Å². The van der Waals surface area contributed by atoms with Crippen LogP contribution in [0.5, 0.6) is 0 Å². The molecule has 0 aliphatic heterocycles. The summed E-state index contributed by atoms with van der Waals surface area (Å²) < 4.78 is 0. The average molecular weight is 329 g/mol. The van der Waals surface area contributed by atoms with Crippen LogP contribution in [-0.2, 0) is 0 Å². The number of rotatable bonds is 2. The highest BCUT2D eigenvalue weighted by Gasteiger charge is 2.11. The maximum Gasteiger partial charge on any atom is 0.0633 e.